The first-order chi connectivity index (χ1) is 7.84. The quantitative estimate of drug-likeness (QED) is 0.895. The molecule has 0 unspecified atom stereocenters. The Labute approximate surface area is 107 Å². The van der Waals surface area contributed by atoms with E-state index in [2.05, 4.69) is 11.9 Å². The van der Waals surface area contributed by atoms with Crippen molar-refractivity contribution < 1.29 is 8.42 Å². The molecule has 1 N–H and O–H groups in total. The van der Waals surface area contributed by atoms with E-state index in [-0.39, 0.29) is 4.90 Å². The molecule has 0 saturated carbocycles. The zero-order chi connectivity index (χ0) is 13.1. The van der Waals surface area contributed by atoms with Crippen molar-refractivity contribution in [3.63, 3.8) is 0 Å². The van der Waals surface area contributed by atoms with Crippen LogP contribution >= 0.6 is 11.6 Å². The lowest BCUT2D eigenvalue weighted by Crippen LogP contribution is -2.22. The van der Waals surface area contributed by atoms with Crippen LogP contribution in [0.3, 0.4) is 0 Å². The molecule has 0 radical (unpaired) electrons. The van der Waals surface area contributed by atoms with Gasteiger partial charge in [0, 0.05) is 24.8 Å². The number of hydrogen-bond acceptors (Lipinski definition) is 3. The second kappa shape index (κ2) is 5.53. The normalized spacial score (nSPS) is 11.5. The van der Waals surface area contributed by atoms with Crippen LogP contribution in [-0.4, -0.2) is 33.4 Å². The number of benzene rings is 1. The Morgan fingerprint density at radius 1 is 1.35 bits per heavy atom. The van der Waals surface area contributed by atoms with E-state index in [9.17, 15) is 8.42 Å². The molecule has 17 heavy (non-hydrogen) atoms. The fraction of sp³-hybridized carbons (Fsp3) is 0.273. The molecule has 0 fully saturated rings. The average Bonchev–Trinajstić information content (AvgIpc) is 2.26. The largest absolute Gasteiger partial charge is 0.380 e. The number of sulfonamides is 1. The first kappa shape index (κ1) is 14.0. The highest BCUT2D eigenvalue weighted by atomic mass is 35.5. The van der Waals surface area contributed by atoms with Crippen molar-refractivity contribution >= 4 is 27.3 Å². The van der Waals surface area contributed by atoms with Gasteiger partial charge in [0.1, 0.15) is 0 Å². The van der Waals surface area contributed by atoms with Gasteiger partial charge in [-0.3, -0.25) is 0 Å². The average molecular weight is 275 g/mol. The van der Waals surface area contributed by atoms with Crippen LogP contribution in [0.5, 0.6) is 0 Å². The molecule has 0 aromatic heterocycles. The molecular formula is C11H15ClN2O2S. The lowest BCUT2D eigenvalue weighted by molar-refractivity contribution is 0.521. The van der Waals surface area contributed by atoms with E-state index in [4.69, 9.17) is 11.6 Å². The van der Waals surface area contributed by atoms with Gasteiger partial charge in [-0.25, -0.2) is 12.7 Å². The molecule has 0 aliphatic carbocycles. The molecule has 0 atom stereocenters. The summed E-state index contributed by atoms with van der Waals surface area (Å²) in [6.45, 7) is 4.00. The highest BCUT2D eigenvalue weighted by molar-refractivity contribution is 7.89. The summed E-state index contributed by atoms with van der Waals surface area (Å²) in [5.41, 5.74) is 0.796. The van der Waals surface area contributed by atoms with Crippen molar-refractivity contribution in [1.82, 2.24) is 4.31 Å². The summed E-state index contributed by atoms with van der Waals surface area (Å²) < 4.78 is 24.7. The Kier molecular flexibility index (Phi) is 4.56. The first-order valence-corrected chi connectivity index (χ1v) is 6.75. The molecule has 0 spiro atoms. The molecule has 1 aromatic rings. The van der Waals surface area contributed by atoms with Gasteiger partial charge in [0.05, 0.1) is 11.4 Å². The molecule has 0 bridgehead atoms. The maximum atomic E-state index is 11.8. The summed E-state index contributed by atoms with van der Waals surface area (Å²) in [7, 11) is -0.365. The van der Waals surface area contributed by atoms with Gasteiger partial charge in [-0.1, -0.05) is 18.2 Å². The minimum atomic E-state index is -3.36. The molecule has 0 heterocycles. The Balaban J connectivity index is 2.85. The highest BCUT2D eigenvalue weighted by Gasteiger charge is 2.16. The van der Waals surface area contributed by atoms with Gasteiger partial charge in [0.25, 0.3) is 0 Å². The second-order valence-electron chi connectivity index (χ2n) is 3.68. The number of nitrogens with zero attached hydrogens (tertiary/aromatic N) is 1. The number of halogens is 1. The molecule has 0 saturated heterocycles. The van der Waals surface area contributed by atoms with Crippen molar-refractivity contribution in [3.05, 3.63) is 35.9 Å². The molecule has 0 aliphatic heterocycles. The summed E-state index contributed by atoms with van der Waals surface area (Å²) in [4.78, 5) is 0.262. The van der Waals surface area contributed by atoms with Gasteiger partial charge in [0.2, 0.25) is 10.0 Å². The minimum absolute atomic E-state index is 0.262. The van der Waals surface area contributed by atoms with Crippen LogP contribution < -0.4 is 5.32 Å². The van der Waals surface area contributed by atoms with Crippen LogP contribution in [0.15, 0.2) is 40.8 Å². The highest BCUT2D eigenvalue weighted by Crippen LogP contribution is 2.16. The van der Waals surface area contributed by atoms with E-state index in [0.717, 1.165) is 5.69 Å². The number of rotatable bonds is 5. The van der Waals surface area contributed by atoms with Gasteiger partial charge < -0.3 is 5.32 Å². The van der Waals surface area contributed by atoms with Crippen molar-refractivity contribution in [2.45, 2.75) is 4.90 Å². The summed E-state index contributed by atoms with van der Waals surface area (Å²) >= 11 is 5.61. The first-order valence-electron chi connectivity index (χ1n) is 4.94. The molecule has 0 aliphatic rings. The van der Waals surface area contributed by atoms with E-state index < -0.39 is 10.0 Å². The number of anilines is 1. The van der Waals surface area contributed by atoms with Crippen LogP contribution in [0.4, 0.5) is 5.69 Å². The van der Waals surface area contributed by atoms with Gasteiger partial charge in [-0.15, -0.1) is 0 Å². The van der Waals surface area contributed by atoms with E-state index in [1.807, 2.05) is 0 Å². The summed E-state index contributed by atoms with van der Waals surface area (Å²) in [5, 5.41) is 3.51. The number of hydrogen-bond donors (Lipinski definition) is 1. The molecule has 1 rings (SSSR count). The maximum absolute atomic E-state index is 11.8. The minimum Gasteiger partial charge on any atom is -0.380 e. The summed E-state index contributed by atoms with van der Waals surface area (Å²) in [6, 6.07) is 6.48. The van der Waals surface area contributed by atoms with Crippen LogP contribution in [0.25, 0.3) is 0 Å². The standard InChI is InChI=1S/C11H15ClN2O2S/c1-9(12)8-13-10-4-6-11(7-5-10)17(15,16)14(2)3/h4-7,13H,1,8H2,2-3H3. The zero-order valence-electron chi connectivity index (χ0n) is 9.77. The third-order valence-corrected chi connectivity index (χ3v) is 4.08. The molecule has 6 heteroatoms. The number of nitrogens with one attached hydrogen (secondary N) is 1. The Morgan fingerprint density at radius 2 is 1.88 bits per heavy atom. The van der Waals surface area contributed by atoms with Gasteiger partial charge in [-0.05, 0) is 24.3 Å². The van der Waals surface area contributed by atoms with Crippen LogP contribution in [-0.2, 0) is 10.0 Å². The van der Waals surface area contributed by atoms with E-state index in [1.165, 1.54) is 18.4 Å². The van der Waals surface area contributed by atoms with Gasteiger partial charge in [-0.2, -0.15) is 0 Å². The SMILES string of the molecule is C=C(Cl)CNc1ccc(S(=O)(=O)N(C)C)cc1. The Morgan fingerprint density at radius 3 is 2.29 bits per heavy atom. The van der Waals surface area contributed by atoms with E-state index in [0.29, 0.717) is 11.6 Å². The molecule has 94 valence electrons. The monoisotopic (exact) mass is 274 g/mol. The van der Waals surface area contributed by atoms with E-state index >= 15 is 0 Å². The molecular weight excluding hydrogens is 260 g/mol. The molecule has 1 aromatic carbocycles. The third-order valence-electron chi connectivity index (χ3n) is 2.12. The molecule has 0 amide bonds. The van der Waals surface area contributed by atoms with Gasteiger partial charge in [0.15, 0.2) is 0 Å². The predicted molar refractivity (Wildman–Crippen MR) is 70.8 cm³/mol. The van der Waals surface area contributed by atoms with Crippen LogP contribution in [0, 0.1) is 0 Å². The van der Waals surface area contributed by atoms with Crippen LogP contribution in [0.1, 0.15) is 0 Å². The zero-order valence-corrected chi connectivity index (χ0v) is 11.3. The molecule has 4 nitrogen and oxygen atoms in total. The Hall–Kier alpha value is -1.04. The van der Waals surface area contributed by atoms with Crippen LogP contribution in [0.2, 0.25) is 0 Å². The summed E-state index contributed by atoms with van der Waals surface area (Å²) in [6.07, 6.45) is 0. The van der Waals surface area contributed by atoms with Gasteiger partial charge >= 0.3 is 0 Å². The third kappa shape index (κ3) is 3.73. The lowest BCUT2D eigenvalue weighted by atomic mass is 10.3. The lowest BCUT2D eigenvalue weighted by Gasteiger charge is -2.12. The fourth-order valence-corrected chi connectivity index (χ4v) is 2.12. The fourth-order valence-electron chi connectivity index (χ4n) is 1.15. The van der Waals surface area contributed by atoms with Crippen molar-refractivity contribution in [2.75, 3.05) is 26.0 Å². The van der Waals surface area contributed by atoms with E-state index in [1.54, 1.807) is 24.3 Å². The predicted octanol–water partition coefficient (Wildman–Crippen LogP) is 2.10. The Bertz CT molecular complexity index is 495. The smallest absolute Gasteiger partial charge is 0.242 e. The van der Waals surface area contributed by atoms with Crippen molar-refractivity contribution in [1.29, 1.82) is 0 Å². The second-order valence-corrected chi connectivity index (χ2v) is 6.37. The summed E-state index contributed by atoms with van der Waals surface area (Å²) in [5.74, 6) is 0. The maximum Gasteiger partial charge on any atom is 0.242 e. The topological polar surface area (TPSA) is 49.4 Å². The van der Waals surface area contributed by atoms with Crippen molar-refractivity contribution in [3.8, 4) is 0 Å². The van der Waals surface area contributed by atoms with Crippen molar-refractivity contribution in [2.24, 2.45) is 0 Å².